The second kappa shape index (κ2) is 9.03. The summed E-state index contributed by atoms with van der Waals surface area (Å²) in [5, 5.41) is 5.86. The number of primary amides is 1. The molecule has 146 valence electrons. The summed E-state index contributed by atoms with van der Waals surface area (Å²) in [6, 6.07) is 15.7. The lowest BCUT2D eigenvalue weighted by Crippen LogP contribution is -2.43. The van der Waals surface area contributed by atoms with E-state index in [4.69, 9.17) is 5.73 Å². The van der Waals surface area contributed by atoms with Crippen LogP contribution >= 0.6 is 0 Å². The number of carbonyl (C=O) groups excluding carboxylic acids is 2. The molecule has 1 heterocycles. The Kier molecular flexibility index (Phi) is 6.26. The van der Waals surface area contributed by atoms with E-state index in [1.807, 2.05) is 12.1 Å². The minimum atomic E-state index is -0.569. The Morgan fingerprint density at radius 3 is 2.46 bits per heavy atom. The summed E-state index contributed by atoms with van der Waals surface area (Å²) in [4.78, 5) is 29.3. The van der Waals surface area contributed by atoms with Gasteiger partial charge in [-0.15, -0.1) is 0 Å². The third kappa shape index (κ3) is 4.88. The van der Waals surface area contributed by atoms with Crippen LogP contribution in [0.3, 0.4) is 0 Å². The monoisotopic (exact) mass is 379 g/mol. The molecule has 0 aromatic heterocycles. The minimum Gasteiger partial charge on any atom is -0.368 e. The van der Waals surface area contributed by atoms with Crippen molar-refractivity contribution in [2.75, 3.05) is 20.1 Å². The Bertz CT molecular complexity index is 877. The van der Waals surface area contributed by atoms with Gasteiger partial charge in [0, 0.05) is 32.2 Å². The van der Waals surface area contributed by atoms with E-state index in [0.717, 1.165) is 31.0 Å². The molecule has 2 aromatic rings. The summed E-state index contributed by atoms with van der Waals surface area (Å²) in [5.74, 6) is -0.0280. The molecule has 4 N–H and O–H groups in total. The molecule has 0 saturated heterocycles. The number of carbonyl (C=O) groups is 2. The molecule has 0 spiro atoms. The van der Waals surface area contributed by atoms with E-state index < -0.39 is 5.91 Å². The summed E-state index contributed by atoms with van der Waals surface area (Å²) in [7, 11) is 1.79. The average molecular weight is 379 g/mol. The van der Waals surface area contributed by atoms with Crippen LogP contribution in [0.25, 0.3) is 0 Å². The first-order chi connectivity index (χ1) is 13.6. The second-order valence-electron chi connectivity index (χ2n) is 6.69. The predicted molar refractivity (Wildman–Crippen MR) is 109 cm³/mol. The number of amides is 2. The molecule has 1 aliphatic heterocycles. The smallest absolute Gasteiger partial charge is 0.251 e. The van der Waals surface area contributed by atoms with Gasteiger partial charge in [-0.25, -0.2) is 0 Å². The number of aliphatic imine (C=N–C) groups is 1. The third-order valence-corrected chi connectivity index (χ3v) is 4.73. The van der Waals surface area contributed by atoms with Gasteiger partial charge in [-0.1, -0.05) is 36.4 Å². The van der Waals surface area contributed by atoms with Crippen molar-refractivity contribution in [2.24, 2.45) is 10.7 Å². The molecule has 2 aromatic carbocycles. The van der Waals surface area contributed by atoms with E-state index in [1.54, 1.807) is 19.2 Å². The highest BCUT2D eigenvalue weighted by atomic mass is 16.2. The molecule has 3 rings (SSSR count). The largest absolute Gasteiger partial charge is 0.368 e. The Hall–Kier alpha value is -3.35. The summed E-state index contributed by atoms with van der Waals surface area (Å²) < 4.78 is 0. The van der Waals surface area contributed by atoms with Gasteiger partial charge in [-0.2, -0.15) is 0 Å². The van der Waals surface area contributed by atoms with E-state index in [0.29, 0.717) is 12.1 Å². The minimum absolute atomic E-state index is 0.169. The summed E-state index contributed by atoms with van der Waals surface area (Å²) in [5.41, 5.74) is 9.29. The standard InChI is InChI=1S/C21H25N5O2/c1-23-21(26-11-10-16-4-2-3-5-18(16)14-26)25-12-15-6-8-17(9-7-15)20(28)24-13-19(22)27/h2-9H,10-14H2,1H3,(H2,22,27)(H,23,25)(H,24,28). The Morgan fingerprint density at radius 2 is 1.79 bits per heavy atom. The van der Waals surface area contributed by atoms with Gasteiger partial charge in [-0.3, -0.25) is 14.6 Å². The molecule has 7 nitrogen and oxygen atoms in total. The molecule has 2 amide bonds. The lowest BCUT2D eigenvalue weighted by atomic mass is 10.0. The predicted octanol–water partition coefficient (Wildman–Crippen LogP) is 1.04. The van der Waals surface area contributed by atoms with Crippen molar-refractivity contribution in [2.45, 2.75) is 19.5 Å². The van der Waals surface area contributed by atoms with Crippen LogP contribution in [-0.4, -0.2) is 42.8 Å². The molecule has 0 bridgehead atoms. The number of fused-ring (bicyclic) bond motifs is 1. The maximum Gasteiger partial charge on any atom is 0.251 e. The summed E-state index contributed by atoms with van der Waals surface area (Å²) in [6.07, 6.45) is 1.01. The zero-order valence-corrected chi connectivity index (χ0v) is 15.9. The highest BCUT2D eigenvalue weighted by Crippen LogP contribution is 2.18. The summed E-state index contributed by atoms with van der Waals surface area (Å²) in [6.45, 7) is 2.20. The fourth-order valence-electron chi connectivity index (χ4n) is 3.23. The van der Waals surface area contributed by atoms with E-state index in [-0.39, 0.29) is 12.5 Å². The first-order valence-electron chi connectivity index (χ1n) is 9.24. The van der Waals surface area contributed by atoms with E-state index >= 15 is 0 Å². The molecule has 7 heteroatoms. The summed E-state index contributed by atoms with van der Waals surface area (Å²) >= 11 is 0. The lowest BCUT2D eigenvalue weighted by molar-refractivity contribution is -0.117. The van der Waals surface area contributed by atoms with Gasteiger partial charge in [0.25, 0.3) is 5.91 Å². The number of benzene rings is 2. The van der Waals surface area contributed by atoms with Crippen molar-refractivity contribution >= 4 is 17.8 Å². The van der Waals surface area contributed by atoms with E-state index in [2.05, 4.69) is 44.8 Å². The van der Waals surface area contributed by atoms with Crippen LogP contribution in [0.4, 0.5) is 0 Å². The second-order valence-corrected chi connectivity index (χ2v) is 6.69. The fraction of sp³-hybridized carbons (Fsp3) is 0.286. The van der Waals surface area contributed by atoms with E-state index in [1.165, 1.54) is 11.1 Å². The van der Waals surface area contributed by atoms with Gasteiger partial charge < -0.3 is 21.3 Å². The SMILES string of the molecule is CN=C(NCc1ccc(C(=O)NCC(N)=O)cc1)N1CCc2ccccc2C1. The molecule has 0 fully saturated rings. The normalized spacial score (nSPS) is 13.6. The Labute approximate surface area is 164 Å². The molecule has 0 unspecified atom stereocenters. The van der Waals surface area contributed by atoms with Crippen molar-refractivity contribution in [1.29, 1.82) is 0 Å². The highest BCUT2D eigenvalue weighted by molar-refractivity contribution is 5.96. The fourth-order valence-corrected chi connectivity index (χ4v) is 3.23. The highest BCUT2D eigenvalue weighted by Gasteiger charge is 2.18. The first kappa shape index (κ1) is 19.4. The quantitative estimate of drug-likeness (QED) is 0.534. The van der Waals surface area contributed by atoms with Gasteiger partial charge >= 0.3 is 0 Å². The van der Waals surface area contributed by atoms with Crippen LogP contribution in [0.15, 0.2) is 53.5 Å². The molecule has 0 aliphatic carbocycles. The maximum atomic E-state index is 11.9. The molecular formula is C21H25N5O2. The van der Waals surface area contributed by atoms with Gasteiger partial charge in [0.1, 0.15) is 0 Å². The van der Waals surface area contributed by atoms with Crippen LogP contribution in [0.2, 0.25) is 0 Å². The van der Waals surface area contributed by atoms with E-state index in [9.17, 15) is 9.59 Å². The zero-order valence-electron chi connectivity index (χ0n) is 15.9. The number of nitrogens with zero attached hydrogens (tertiary/aromatic N) is 2. The molecule has 0 atom stereocenters. The molecule has 0 radical (unpaired) electrons. The Balaban J connectivity index is 1.56. The van der Waals surface area contributed by atoms with Crippen LogP contribution < -0.4 is 16.4 Å². The maximum absolute atomic E-state index is 11.9. The van der Waals surface area contributed by atoms with Gasteiger partial charge in [0.05, 0.1) is 6.54 Å². The van der Waals surface area contributed by atoms with Crippen LogP contribution in [0.1, 0.15) is 27.0 Å². The molecule has 1 aliphatic rings. The average Bonchev–Trinajstić information content (AvgIpc) is 2.72. The van der Waals surface area contributed by atoms with Gasteiger partial charge in [0.2, 0.25) is 5.91 Å². The van der Waals surface area contributed by atoms with Gasteiger partial charge in [0.15, 0.2) is 5.96 Å². The van der Waals surface area contributed by atoms with Crippen molar-refractivity contribution in [3.63, 3.8) is 0 Å². The van der Waals surface area contributed by atoms with Crippen molar-refractivity contribution in [3.05, 3.63) is 70.8 Å². The number of hydrogen-bond acceptors (Lipinski definition) is 3. The number of rotatable bonds is 5. The molecule has 28 heavy (non-hydrogen) atoms. The molecule has 0 saturated carbocycles. The number of nitrogens with one attached hydrogen (secondary N) is 2. The first-order valence-corrected chi connectivity index (χ1v) is 9.24. The van der Waals surface area contributed by atoms with Crippen molar-refractivity contribution in [3.8, 4) is 0 Å². The van der Waals surface area contributed by atoms with Crippen LogP contribution in [-0.2, 0) is 24.3 Å². The van der Waals surface area contributed by atoms with Crippen molar-refractivity contribution < 1.29 is 9.59 Å². The zero-order chi connectivity index (χ0) is 19.9. The third-order valence-electron chi connectivity index (χ3n) is 4.73. The van der Waals surface area contributed by atoms with Crippen LogP contribution in [0.5, 0.6) is 0 Å². The van der Waals surface area contributed by atoms with Crippen molar-refractivity contribution in [1.82, 2.24) is 15.5 Å². The molecular weight excluding hydrogens is 354 g/mol. The number of nitrogens with two attached hydrogens (primary N) is 1. The topological polar surface area (TPSA) is 99.8 Å². The number of hydrogen-bond donors (Lipinski definition) is 3. The van der Waals surface area contributed by atoms with Crippen LogP contribution in [0, 0.1) is 0 Å². The lowest BCUT2D eigenvalue weighted by Gasteiger charge is -2.31. The number of guanidine groups is 1. The van der Waals surface area contributed by atoms with Gasteiger partial charge in [-0.05, 0) is 35.2 Å². The Morgan fingerprint density at radius 1 is 1.07 bits per heavy atom.